The van der Waals surface area contributed by atoms with Gasteiger partial charge in [-0.2, -0.15) is 0 Å². The molecule has 23 heavy (non-hydrogen) atoms. The van der Waals surface area contributed by atoms with E-state index in [4.69, 9.17) is 0 Å². The third kappa shape index (κ3) is 3.99. The zero-order valence-corrected chi connectivity index (χ0v) is 13.8. The highest BCUT2D eigenvalue weighted by molar-refractivity contribution is 7.98. The number of thioether (sulfide) groups is 1. The van der Waals surface area contributed by atoms with Gasteiger partial charge in [-0.3, -0.25) is 0 Å². The first kappa shape index (κ1) is 15.7. The molecular weight excluding hydrogens is 309 g/mol. The largest absolute Gasteiger partial charge is 0.309 e. The van der Waals surface area contributed by atoms with Gasteiger partial charge in [-0.1, -0.05) is 60.3 Å². The van der Waals surface area contributed by atoms with E-state index in [0.29, 0.717) is 11.3 Å². The van der Waals surface area contributed by atoms with Crippen LogP contribution in [-0.4, -0.2) is 14.8 Å². The lowest BCUT2D eigenvalue weighted by Gasteiger charge is -2.05. The molecule has 3 rings (SSSR count). The van der Waals surface area contributed by atoms with Gasteiger partial charge < -0.3 is 4.57 Å². The van der Waals surface area contributed by atoms with Crippen molar-refractivity contribution in [1.29, 1.82) is 0 Å². The van der Waals surface area contributed by atoms with Gasteiger partial charge in [-0.25, -0.2) is 4.39 Å². The zero-order valence-electron chi connectivity index (χ0n) is 12.9. The molecule has 0 aliphatic rings. The summed E-state index contributed by atoms with van der Waals surface area (Å²) in [5.41, 5.74) is 1.97. The molecule has 0 radical (unpaired) electrons. The second-order valence-corrected chi connectivity index (χ2v) is 6.27. The summed E-state index contributed by atoms with van der Waals surface area (Å²) in [6.07, 6.45) is 1.78. The van der Waals surface area contributed by atoms with E-state index in [1.165, 1.54) is 23.4 Å². The number of benzene rings is 2. The minimum Gasteiger partial charge on any atom is -0.309 e. The second-order valence-electron chi connectivity index (χ2n) is 5.32. The first-order chi connectivity index (χ1) is 11.2. The minimum atomic E-state index is -0.175. The van der Waals surface area contributed by atoms with Crippen molar-refractivity contribution in [1.82, 2.24) is 14.8 Å². The van der Waals surface area contributed by atoms with Crippen molar-refractivity contribution in [2.45, 2.75) is 23.8 Å². The number of nitrogens with zero attached hydrogens (tertiary/aromatic N) is 3. The normalized spacial score (nSPS) is 10.9. The van der Waals surface area contributed by atoms with Crippen LogP contribution in [0.2, 0.25) is 0 Å². The Morgan fingerprint density at radius 2 is 1.70 bits per heavy atom. The number of hydrogen-bond acceptors (Lipinski definition) is 3. The van der Waals surface area contributed by atoms with E-state index in [2.05, 4.69) is 22.3 Å². The topological polar surface area (TPSA) is 30.7 Å². The zero-order chi connectivity index (χ0) is 16.1. The highest BCUT2D eigenvalue weighted by atomic mass is 32.2. The van der Waals surface area contributed by atoms with Gasteiger partial charge in [0, 0.05) is 19.2 Å². The Hall–Kier alpha value is -2.14. The Morgan fingerprint density at radius 3 is 2.48 bits per heavy atom. The van der Waals surface area contributed by atoms with E-state index in [-0.39, 0.29) is 5.82 Å². The van der Waals surface area contributed by atoms with Crippen LogP contribution in [-0.2, 0) is 25.6 Å². The van der Waals surface area contributed by atoms with E-state index in [1.807, 2.05) is 35.9 Å². The highest BCUT2D eigenvalue weighted by Gasteiger charge is 2.10. The summed E-state index contributed by atoms with van der Waals surface area (Å²) in [5, 5.41) is 9.31. The fourth-order valence-electron chi connectivity index (χ4n) is 2.35. The summed E-state index contributed by atoms with van der Waals surface area (Å²) in [7, 11) is 1.96. The van der Waals surface area contributed by atoms with Gasteiger partial charge in [-0.15, -0.1) is 10.2 Å². The van der Waals surface area contributed by atoms with Crippen LogP contribution in [0.25, 0.3) is 0 Å². The molecule has 0 atom stereocenters. The summed E-state index contributed by atoms with van der Waals surface area (Å²) in [6, 6.07) is 17.2. The molecule has 3 nitrogen and oxygen atoms in total. The predicted molar refractivity (Wildman–Crippen MR) is 90.8 cm³/mol. The van der Waals surface area contributed by atoms with Crippen LogP contribution in [0, 0.1) is 5.82 Å². The number of rotatable bonds is 6. The monoisotopic (exact) mass is 327 g/mol. The number of halogens is 1. The smallest absolute Gasteiger partial charge is 0.191 e. The number of hydrogen-bond donors (Lipinski definition) is 0. The Balaban J connectivity index is 1.62. The summed E-state index contributed by atoms with van der Waals surface area (Å²) < 4.78 is 15.6. The molecule has 0 fully saturated rings. The van der Waals surface area contributed by atoms with E-state index in [1.54, 1.807) is 12.1 Å². The third-order valence-corrected chi connectivity index (χ3v) is 4.79. The summed E-state index contributed by atoms with van der Waals surface area (Å²) >= 11 is 1.51. The van der Waals surface area contributed by atoms with Crippen LogP contribution in [0.15, 0.2) is 59.8 Å². The molecule has 0 amide bonds. The van der Waals surface area contributed by atoms with Crippen molar-refractivity contribution < 1.29 is 4.39 Å². The lowest BCUT2D eigenvalue weighted by Crippen LogP contribution is -2.01. The lowest BCUT2D eigenvalue weighted by atomic mass is 10.1. The Morgan fingerprint density at radius 1 is 0.957 bits per heavy atom. The molecule has 0 bridgehead atoms. The van der Waals surface area contributed by atoms with E-state index >= 15 is 0 Å². The van der Waals surface area contributed by atoms with E-state index < -0.39 is 0 Å². The lowest BCUT2D eigenvalue weighted by molar-refractivity contribution is 0.617. The standard InChI is InChI=1S/C18H18FN3S/c1-22-17(12-11-14-7-3-2-4-8-14)20-21-18(22)23-13-15-9-5-6-10-16(15)19/h2-10H,11-13H2,1H3. The molecular formula is C18H18FN3S. The van der Waals surface area contributed by atoms with Gasteiger partial charge in [0.05, 0.1) is 0 Å². The predicted octanol–water partition coefficient (Wildman–Crippen LogP) is 4.03. The van der Waals surface area contributed by atoms with E-state index in [0.717, 1.165) is 23.8 Å². The first-order valence-electron chi connectivity index (χ1n) is 7.52. The van der Waals surface area contributed by atoms with Gasteiger partial charge in [0.15, 0.2) is 5.16 Å². The average molecular weight is 327 g/mol. The van der Waals surface area contributed by atoms with Crippen LogP contribution in [0.4, 0.5) is 4.39 Å². The van der Waals surface area contributed by atoms with Crippen LogP contribution in [0.1, 0.15) is 17.0 Å². The van der Waals surface area contributed by atoms with Crippen LogP contribution in [0.5, 0.6) is 0 Å². The van der Waals surface area contributed by atoms with E-state index in [9.17, 15) is 4.39 Å². The molecule has 118 valence electrons. The number of aryl methyl sites for hydroxylation is 2. The van der Waals surface area contributed by atoms with Crippen molar-refractivity contribution in [2.24, 2.45) is 7.05 Å². The molecule has 3 aromatic rings. The fraction of sp³-hybridized carbons (Fsp3) is 0.222. The van der Waals surface area contributed by atoms with Gasteiger partial charge in [0.25, 0.3) is 0 Å². The molecule has 0 saturated carbocycles. The van der Waals surface area contributed by atoms with Crippen LogP contribution >= 0.6 is 11.8 Å². The molecule has 0 aliphatic heterocycles. The van der Waals surface area contributed by atoms with Crippen molar-refractivity contribution in [3.63, 3.8) is 0 Å². The van der Waals surface area contributed by atoms with Gasteiger partial charge in [-0.05, 0) is 23.6 Å². The third-order valence-electron chi connectivity index (χ3n) is 3.72. The molecule has 0 unspecified atom stereocenters. The summed E-state index contributed by atoms with van der Waals surface area (Å²) in [6.45, 7) is 0. The fourth-order valence-corrected chi connectivity index (χ4v) is 3.26. The van der Waals surface area contributed by atoms with Gasteiger partial charge in [0.2, 0.25) is 0 Å². The highest BCUT2D eigenvalue weighted by Crippen LogP contribution is 2.22. The maximum atomic E-state index is 13.7. The van der Waals surface area contributed by atoms with Crippen LogP contribution < -0.4 is 0 Å². The molecule has 2 aromatic carbocycles. The van der Waals surface area contributed by atoms with Crippen molar-refractivity contribution in [3.8, 4) is 0 Å². The molecule has 0 aliphatic carbocycles. The quantitative estimate of drug-likeness (QED) is 0.640. The SMILES string of the molecule is Cn1c(CCc2ccccc2)nnc1SCc1ccccc1F. The molecule has 0 saturated heterocycles. The molecule has 0 N–H and O–H groups in total. The summed E-state index contributed by atoms with van der Waals surface area (Å²) in [5.74, 6) is 1.33. The molecule has 1 heterocycles. The Bertz CT molecular complexity index is 771. The Labute approximate surface area is 139 Å². The maximum absolute atomic E-state index is 13.7. The van der Waals surface area contributed by atoms with Crippen LogP contribution in [0.3, 0.4) is 0 Å². The summed E-state index contributed by atoms with van der Waals surface area (Å²) in [4.78, 5) is 0. The Kier molecular flexibility index (Phi) is 5.08. The van der Waals surface area contributed by atoms with Crippen molar-refractivity contribution in [2.75, 3.05) is 0 Å². The molecule has 1 aromatic heterocycles. The average Bonchev–Trinajstić information content (AvgIpc) is 2.93. The van der Waals surface area contributed by atoms with Gasteiger partial charge >= 0.3 is 0 Å². The molecule has 5 heteroatoms. The van der Waals surface area contributed by atoms with Crippen molar-refractivity contribution in [3.05, 3.63) is 77.4 Å². The minimum absolute atomic E-state index is 0.175. The van der Waals surface area contributed by atoms with Crippen molar-refractivity contribution >= 4 is 11.8 Å². The first-order valence-corrected chi connectivity index (χ1v) is 8.51. The number of aromatic nitrogens is 3. The molecule has 0 spiro atoms. The van der Waals surface area contributed by atoms with Gasteiger partial charge in [0.1, 0.15) is 11.6 Å². The second kappa shape index (κ2) is 7.42. The maximum Gasteiger partial charge on any atom is 0.191 e.